The van der Waals surface area contributed by atoms with Gasteiger partial charge in [-0.2, -0.15) is 5.10 Å². The second-order valence-electron chi connectivity index (χ2n) is 6.21. The first-order valence-electron chi connectivity index (χ1n) is 8.44. The van der Waals surface area contributed by atoms with Gasteiger partial charge < -0.3 is 10.1 Å². The molecular formula is C20H22BrN3O3. The summed E-state index contributed by atoms with van der Waals surface area (Å²) >= 11 is 3.38. The van der Waals surface area contributed by atoms with E-state index in [9.17, 15) is 9.59 Å². The molecule has 0 bridgehead atoms. The highest BCUT2D eigenvalue weighted by atomic mass is 79.9. The van der Waals surface area contributed by atoms with Crippen molar-refractivity contribution in [1.29, 1.82) is 0 Å². The molecule has 142 valence electrons. The average Bonchev–Trinajstić information content (AvgIpc) is 2.65. The lowest BCUT2D eigenvalue weighted by molar-refractivity contribution is -0.123. The zero-order valence-electron chi connectivity index (χ0n) is 15.4. The quantitative estimate of drug-likeness (QED) is 0.520. The Hall–Kier alpha value is -2.67. The molecule has 7 heteroatoms. The van der Waals surface area contributed by atoms with E-state index in [2.05, 4.69) is 31.8 Å². The molecule has 0 spiro atoms. The van der Waals surface area contributed by atoms with Crippen LogP contribution in [0.2, 0.25) is 0 Å². The molecule has 0 fully saturated rings. The first kappa shape index (κ1) is 20.6. The number of nitrogens with zero attached hydrogens (tertiary/aromatic N) is 1. The Kier molecular flexibility index (Phi) is 7.55. The smallest absolute Gasteiger partial charge is 0.262 e. The minimum absolute atomic E-state index is 0.103. The highest BCUT2D eigenvalue weighted by Crippen LogP contribution is 2.12. The Morgan fingerprint density at radius 2 is 1.85 bits per heavy atom. The Morgan fingerprint density at radius 3 is 2.44 bits per heavy atom. The minimum atomic E-state index is -0.709. The average molecular weight is 432 g/mol. The molecule has 2 aromatic carbocycles. The van der Waals surface area contributed by atoms with E-state index in [4.69, 9.17) is 4.74 Å². The van der Waals surface area contributed by atoms with Gasteiger partial charge in [-0.3, -0.25) is 9.59 Å². The lowest BCUT2D eigenvalue weighted by Gasteiger charge is -2.20. The lowest BCUT2D eigenvalue weighted by atomic mass is 10.0. The zero-order valence-corrected chi connectivity index (χ0v) is 17.0. The zero-order chi connectivity index (χ0) is 19.8. The van der Waals surface area contributed by atoms with Crippen molar-refractivity contribution in [1.82, 2.24) is 10.7 Å². The number of methoxy groups -OCH3 is 1. The van der Waals surface area contributed by atoms with Gasteiger partial charge in [0.05, 0.1) is 13.3 Å². The van der Waals surface area contributed by atoms with Gasteiger partial charge in [0.2, 0.25) is 0 Å². The van der Waals surface area contributed by atoms with Gasteiger partial charge in [-0.05, 0) is 47.9 Å². The Bertz CT molecular complexity index is 819. The normalized spacial score (nSPS) is 12.0. The van der Waals surface area contributed by atoms with Crippen molar-refractivity contribution in [2.24, 2.45) is 11.0 Å². The number of hydrazone groups is 1. The molecule has 2 aromatic rings. The molecule has 0 radical (unpaired) electrons. The van der Waals surface area contributed by atoms with Gasteiger partial charge in [0.1, 0.15) is 11.8 Å². The Balaban J connectivity index is 2.00. The summed E-state index contributed by atoms with van der Waals surface area (Å²) in [6.07, 6.45) is 1.55. The highest BCUT2D eigenvalue weighted by molar-refractivity contribution is 9.10. The molecule has 2 N–H and O–H groups in total. The van der Waals surface area contributed by atoms with Gasteiger partial charge in [0.25, 0.3) is 11.8 Å². The standard InChI is InChI=1S/C20H22BrN3O3/c1-13(2)18(23-19(25)15-7-9-17(27-3)10-8-15)20(26)24-22-12-14-5-4-6-16(21)11-14/h4-13,18H,1-3H3,(H,23,25)(H,24,26). The fraction of sp³-hybridized carbons (Fsp3) is 0.250. The van der Waals surface area contributed by atoms with E-state index in [0.717, 1.165) is 10.0 Å². The fourth-order valence-electron chi connectivity index (χ4n) is 2.33. The Labute approximate surface area is 167 Å². The predicted molar refractivity (Wildman–Crippen MR) is 109 cm³/mol. The molecule has 2 amide bonds. The third-order valence-electron chi connectivity index (χ3n) is 3.82. The number of hydrogen-bond donors (Lipinski definition) is 2. The van der Waals surface area contributed by atoms with E-state index in [1.807, 2.05) is 38.1 Å². The maximum atomic E-state index is 12.4. The summed E-state index contributed by atoms with van der Waals surface area (Å²) in [5.74, 6) is -0.152. The SMILES string of the molecule is COc1ccc(C(=O)NC(C(=O)NN=Cc2cccc(Br)c2)C(C)C)cc1. The highest BCUT2D eigenvalue weighted by Gasteiger charge is 2.24. The maximum Gasteiger partial charge on any atom is 0.262 e. The van der Waals surface area contributed by atoms with Crippen LogP contribution in [0.15, 0.2) is 58.1 Å². The van der Waals surface area contributed by atoms with Crippen molar-refractivity contribution in [3.05, 3.63) is 64.1 Å². The van der Waals surface area contributed by atoms with Crippen molar-refractivity contribution in [2.45, 2.75) is 19.9 Å². The number of carbonyl (C=O) groups is 2. The van der Waals surface area contributed by atoms with E-state index >= 15 is 0 Å². The number of halogens is 1. The first-order valence-corrected chi connectivity index (χ1v) is 9.23. The summed E-state index contributed by atoms with van der Waals surface area (Å²) in [4.78, 5) is 24.9. The summed E-state index contributed by atoms with van der Waals surface area (Å²) in [5, 5.41) is 6.73. The van der Waals surface area contributed by atoms with E-state index in [0.29, 0.717) is 11.3 Å². The molecule has 0 aromatic heterocycles. The molecular weight excluding hydrogens is 410 g/mol. The summed E-state index contributed by atoms with van der Waals surface area (Å²) < 4.78 is 6.00. The topological polar surface area (TPSA) is 79.8 Å². The molecule has 0 saturated heterocycles. The van der Waals surface area contributed by atoms with Crippen LogP contribution in [-0.4, -0.2) is 31.2 Å². The van der Waals surface area contributed by atoms with Gasteiger partial charge >= 0.3 is 0 Å². The largest absolute Gasteiger partial charge is 0.497 e. The van der Waals surface area contributed by atoms with Crippen LogP contribution in [0.3, 0.4) is 0 Å². The molecule has 0 aliphatic heterocycles. The number of ether oxygens (including phenoxy) is 1. The van der Waals surface area contributed by atoms with Crippen molar-refractivity contribution in [3.63, 3.8) is 0 Å². The number of amides is 2. The van der Waals surface area contributed by atoms with Gasteiger partial charge in [0, 0.05) is 10.0 Å². The molecule has 6 nitrogen and oxygen atoms in total. The van der Waals surface area contributed by atoms with Crippen LogP contribution in [-0.2, 0) is 4.79 Å². The maximum absolute atomic E-state index is 12.4. The van der Waals surface area contributed by atoms with Gasteiger partial charge in [-0.15, -0.1) is 0 Å². The van der Waals surface area contributed by atoms with Gasteiger partial charge in [-0.1, -0.05) is 41.9 Å². The van der Waals surface area contributed by atoms with Crippen LogP contribution >= 0.6 is 15.9 Å². The van der Waals surface area contributed by atoms with Crippen LogP contribution in [0, 0.1) is 5.92 Å². The summed E-state index contributed by atoms with van der Waals surface area (Å²) in [6, 6.07) is 13.5. The molecule has 2 rings (SSSR count). The van der Waals surface area contributed by atoms with E-state index in [1.165, 1.54) is 0 Å². The summed E-state index contributed by atoms with van der Waals surface area (Å²) in [7, 11) is 1.56. The number of rotatable bonds is 7. The lowest BCUT2D eigenvalue weighted by Crippen LogP contribution is -2.48. The molecule has 0 aliphatic rings. The van der Waals surface area contributed by atoms with E-state index < -0.39 is 6.04 Å². The summed E-state index contributed by atoms with van der Waals surface area (Å²) in [6.45, 7) is 3.72. The molecule has 1 atom stereocenters. The Morgan fingerprint density at radius 1 is 1.15 bits per heavy atom. The number of carbonyl (C=O) groups excluding carboxylic acids is 2. The van der Waals surface area contributed by atoms with Crippen molar-refractivity contribution < 1.29 is 14.3 Å². The van der Waals surface area contributed by atoms with E-state index in [-0.39, 0.29) is 17.7 Å². The third-order valence-corrected chi connectivity index (χ3v) is 4.32. The first-order chi connectivity index (χ1) is 12.9. The fourth-order valence-corrected chi connectivity index (χ4v) is 2.75. The third kappa shape index (κ3) is 6.21. The van der Waals surface area contributed by atoms with Crippen molar-refractivity contribution >= 4 is 34.0 Å². The van der Waals surface area contributed by atoms with Crippen LogP contribution in [0.1, 0.15) is 29.8 Å². The second-order valence-corrected chi connectivity index (χ2v) is 7.13. The number of nitrogens with one attached hydrogen (secondary N) is 2. The van der Waals surface area contributed by atoms with Crippen LogP contribution in [0.4, 0.5) is 0 Å². The predicted octanol–water partition coefficient (Wildman–Crippen LogP) is 3.36. The molecule has 1 unspecified atom stereocenters. The second kappa shape index (κ2) is 9.87. The monoisotopic (exact) mass is 431 g/mol. The van der Waals surface area contributed by atoms with Crippen LogP contribution in [0.5, 0.6) is 5.75 Å². The minimum Gasteiger partial charge on any atom is -0.497 e. The number of benzene rings is 2. The molecule has 0 saturated carbocycles. The van der Waals surface area contributed by atoms with Gasteiger partial charge in [0.15, 0.2) is 0 Å². The van der Waals surface area contributed by atoms with Crippen molar-refractivity contribution in [2.75, 3.05) is 7.11 Å². The van der Waals surface area contributed by atoms with Crippen LogP contribution < -0.4 is 15.5 Å². The molecule has 0 heterocycles. The summed E-state index contributed by atoms with van der Waals surface area (Å²) in [5.41, 5.74) is 3.78. The molecule has 0 aliphatic carbocycles. The van der Waals surface area contributed by atoms with E-state index in [1.54, 1.807) is 37.6 Å². The number of hydrogen-bond acceptors (Lipinski definition) is 4. The van der Waals surface area contributed by atoms with Crippen molar-refractivity contribution in [3.8, 4) is 5.75 Å². The van der Waals surface area contributed by atoms with Crippen LogP contribution in [0.25, 0.3) is 0 Å². The molecule has 27 heavy (non-hydrogen) atoms. The van der Waals surface area contributed by atoms with Gasteiger partial charge in [-0.25, -0.2) is 5.43 Å².